The zero-order valence-electron chi connectivity index (χ0n) is 19.0. The molecule has 8 heteroatoms. The summed E-state index contributed by atoms with van der Waals surface area (Å²) in [7, 11) is 0. The van der Waals surface area contributed by atoms with Gasteiger partial charge in [0.05, 0.1) is 12.0 Å². The SMILES string of the molecule is Cc1ccc(F)c(C(=O)N2CCC3(CCN(C(=O)CC4OC(=O)c5ccccc54)C3)CC2)c1F. The van der Waals surface area contributed by atoms with Crippen LogP contribution in [-0.4, -0.2) is 53.8 Å². The number of fused-ring (bicyclic) bond motifs is 1. The number of ether oxygens (including phenoxy) is 1. The van der Waals surface area contributed by atoms with Gasteiger partial charge in [-0.15, -0.1) is 0 Å². The molecule has 6 nitrogen and oxygen atoms in total. The van der Waals surface area contributed by atoms with E-state index in [2.05, 4.69) is 0 Å². The lowest BCUT2D eigenvalue weighted by molar-refractivity contribution is -0.132. The summed E-state index contributed by atoms with van der Waals surface area (Å²) in [6, 6.07) is 9.56. The number of piperidine rings is 1. The van der Waals surface area contributed by atoms with Crippen LogP contribution in [0.4, 0.5) is 8.78 Å². The van der Waals surface area contributed by atoms with Gasteiger partial charge in [-0.2, -0.15) is 0 Å². The Labute approximate surface area is 196 Å². The third-order valence-electron chi connectivity index (χ3n) is 7.54. The van der Waals surface area contributed by atoms with Gasteiger partial charge in [0.1, 0.15) is 23.3 Å². The van der Waals surface area contributed by atoms with Crippen molar-refractivity contribution in [1.82, 2.24) is 9.80 Å². The van der Waals surface area contributed by atoms with Gasteiger partial charge in [-0.25, -0.2) is 13.6 Å². The summed E-state index contributed by atoms with van der Waals surface area (Å²) in [6.45, 7) is 3.47. The number of aryl methyl sites for hydroxylation is 1. The van der Waals surface area contributed by atoms with E-state index in [9.17, 15) is 23.2 Å². The number of halogens is 2. The minimum Gasteiger partial charge on any atom is -0.453 e. The van der Waals surface area contributed by atoms with Crippen LogP contribution in [0.3, 0.4) is 0 Å². The third kappa shape index (κ3) is 3.85. The molecule has 1 unspecified atom stereocenters. The Morgan fingerprint density at radius 3 is 2.44 bits per heavy atom. The number of amides is 2. The fourth-order valence-corrected chi connectivity index (χ4v) is 5.41. The quantitative estimate of drug-likeness (QED) is 0.638. The van der Waals surface area contributed by atoms with Crippen LogP contribution < -0.4 is 0 Å². The minimum atomic E-state index is -0.847. The molecule has 2 aromatic carbocycles. The maximum Gasteiger partial charge on any atom is 0.339 e. The predicted octanol–water partition coefficient (Wildman–Crippen LogP) is 4.03. The van der Waals surface area contributed by atoms with Gasteiger partial charge in [-0.3, -0.25) is 9.59 Å². The summed E-state index contributed by atoms with van der Waals surface area (Å²) < 4.78 is 34.0. The van der Waals surface area contributed by atoms with Crippen molar-refractivity contribution in [3.05, 3.63) is 70.3 Å². The lowest BCUT2D eigenvalue weighted by Crippen LogP contribution is -2.45. The molecule has 3 aliphatic rings. The molecule has 0 N–H and O–H groups in total. The molecule has 3 aliphatic heterocycles. The Morgan fingerprint density at radius 2 is 1.71 bits per heavy atom. The van der Waals surface area contributed by atoms with E-state index in [1.807, 2.05) is 17.0 Å². The highest BCUT2D eigenvalue weighted by atomic mass is 19.1. The van der Waals surface area contributed by atoms with Gasteiger partial charge < -0.3 is 14.5 Å². The van der Waals surface area contributed by atoms with Crippen LogP contribution in [-0.2, 0) is 9.53 Å². The molecule has 178 valence electrons. The Kier molecular flexibility index (Phi) is 5.62. The monoisotopic (exact) mass is 468 g/mol. The van der Waals surface area contributed by atoms with E-state index in [1.165, 1.54) is 17.9 Å². The van der Waals surface area contributed by atoms with Crippen molar-refractivity contribution in [2.24, 2.45) is 5.41 Å². The van der Waals surface area contributed by atoms with Crippen LogP contribution in [0.15, 0.2) is 36.4 Å². The first-order valence-electron chi connectivity index (χ1n) is 11.6. The van der Waals surface area contributed by atoms with E-state index in [-0.39, 0.29) is 23.3 Å². The summed E-state index contributed by atoms with van der Waals surface area (Å²) >= 11 is 0. The Morgan fingerprint density at radius 1 is 1.03 bits per heavy atom. The number of nitrogens with zero attached hydrogens (tertiary/aromatic N) is 2. The largest absolute Gasteiger partial charge is 0.453 e. The maximum absolute atomic E-state index is 14.4. The van der Waals surface area contributed by atoms with Crippen molar-refractivity contribution >= 4 is 17.8 Å². The molecule has 2 fully saturated rings. The van der Waals surface area contributed by atoms with Crippen LogP contribution in [0.2, 0.25) is 0 Å². The Bertz CT molecular complexity index is 1170. The highest BCUT2D eigenvalue weighted by Crippen LogP contribution is 2.42. The fourth-order valence-electron chi connectivity index (χ4n) is 5.41. The highest BCUT2D eigenvalue weighted by Gasteiger charge is 2.44. The van der Waals surface area contributed by atoms with E-state index in [0.717, 1.165) is 18.1 Å². The summed E-state index contributed by atoms with van der Waals surface area (Å²) in [4.78, 5) is 41.2. The molecule has 2 saturated heterocycles. The number of hydrogen-bond acceptors (Lipinski definition) is 4. The molecule has 0 aliphatic carbocycles. The second-order valence-corrected chi connectivity index (χ2v) is 9.60. The standard InChI is InChI=1S/C26H26F2N2O4/c1-16-6-7-19(27)22(23(16)28)24(32)29-11-8-26(9-12-29)10-13-30(15-26)21(31)14-20-17-4-2-3-5-18(17)25(33)34-20/h2-7,20H,8-15H2,1H3. The van der Waals surface area contributed by atoms with E-state index in [1.54, 1.807) is 12.1 Å². The fraction of sp³-hybridized carbons (Fsp3) is 0.423. The molecule has 0 bridgehead atoms. The van der Waals surface area contributed by atoms with E-state index in [4.69, 9.17) is 4.74 Å². The van der Waals surface area contributed by atoms with E-state index in [0.29, 0.717) is 44.6 Å². The number of cyclic esters (lactones) is 1. The Hall–Kier alpha value is -3.29. The average Bonchev–Trinajstić information content (AvgIpc) is 3.38. The number of benzene rings is 2. The molecule has 5 rings (SSSR count). The molecule has 2 amide bonds. The third-order valence-corrected chi connectivity index (χ3v) is 7.54. The van der Waals surface area contributed by atoms with Crippen LogP contribution in [0.5, 0.6) is 0 Å². The molecule has 0 radical (unpaired) electrons. The predicted molar refractivity (Wildman–Crippen MR) is 119 cm³/mol. The van der Waals surface area contributed by atoms with Gasteiger partial charge in [-0.05, 0) is 49.3 Å². The second-order valence-electron chi connectivity index (χ2n) is 9.60. The first-order valence-corrected chi connectivity index (χ1v) is 11.6. The van der Waals surface area contributed by atoms with Crippen LogP contribution in [0.1, 0.15) is 63.6 Å². The number of carbonyl (C=O) groups is 3. The molecule has 1 spiro atoms. The molecule has 0 saturated carbocycles. The van der Waals surface area contributed by atoms with Gasteiger partial charge in [-0.1, -0.05) is 24.3 Å². The van der Waals surface area contributed by atoms with Crippen LogP contribution in [0, 0.1) is 24.0 Å². The van der Waals surface area contributed by atoms with Gasteiger partial charge in [0.2, 0.25) is 5.91 Å². The lowest BCUT2D eigenvalue weighted by Gasteiger charge is -2.39. The van der Waals surface area contributed by atoms with Crippen LogP contribution in [0.25, 0.3) is 0 Å². The number of rotatable bonds is 3. The molecular weight excluding hydrogens is 442 g/mol. The summed E-state index contributed by atoms with van der Waals surface area (Å²) in [5.41, 5.74) is 0.888. The number of esters is 1. The Balaban J connectivity index is 1.20. The first-order chi connectivity index (χ1) is 16.3. The topological polar surface area (TPSA) is 66.9 Å². The second kappa shape index (κ2) is 8.49. The summed E-state index contributed by atoms with van der Waals surface area (Å²) in [6.07, 6.45) is 1.69. The summed E-state index contributed by atoms with van der Waals surface area (Å²) in [5, 5.41) is 0. The molecular formula is C26H26F2N2O4. The number of carbonyl (C=O) groups excluding carboxylic acids is 3. The summed E-state index contributed by atoms with van der Waals surface area (Å²) in [5.74, 6) is -2.74. The number of hydrogen-bond donors (Lipinski definition) is 0. The van der Waals surface area contributed by atoms with Crippen molar-refractivity contribution in [2.75, 3.05) is 26.2 Å². The van der Waals surface area contributed by atoms with Crippen LogP contribution >= 0.6 is 0 Å². The molecule has 2 aromatic rings. The van der Waals surface area contributed by atoms with Crippen molar-refractivity contribution in [3.8, 4) is 0 Å². The zero-order valence-corrected chi connectivity index (χ0v) is 19.0. The molecule has 1 atom stereocenters. The molecule has 34 heavy (non-hydrogen) atoms. The normalized spacial score (nSPS) is 21.0. The highest BCUT2D eigenvalue weighted by molar-refractivity contribution is 5.95. The minimum absolute atomic E-state index is 0.0613. The van der Waals surface area contributed by atoms with Gasteiger partial charge in [0.15, 0.2) is 0 Å². The molecule has 3 heterocycles. The van der Waals surface area contributed by atoms with E-state index < -0.39 is 35.2 Å². The zero-order chi connectivity index (χ0) is 24.0. The van der Waals surface area contributed by atoms with Crippen molar-refractivity contribution < 1.29 is 27.9 Å². The molecule has 0 aromatic heterocycles. The van der Waals surface area contributed by atoms with Crippen molar-refractivity contribution in [2.45, 2.75) is 38.7 Å². The first kappa shape index (κ1) is 22.5. The van der Waals surface area contributed by atoms with Gasteiger partial charge in [0.25, 0.3) is 5.91 Å². The van der Waals surface area contributed by atoms with Crippen molar-refractivity contribution in [1.29, 1.82) is 0 Å². The lowest BCUT2D eigenvalue weighted by atomic mass is 9.77. The van der Waals surface area contributed by atoms with Crippen molar-refractivity contribution in [3.63, 3.8) is 0 Å². The average molecular weight is 469 g/mol. The van der Waals surface area contributed by atoms with Gasteiger partial charge >= 0.3 is 5.97 Å². The van der Waals surface area contributed by atoms with E-state index >= 15 is 0 Å². The number of likely N-dealkylation sites (tertiary alicyclic amines) is 2. The smallest absolute Gasteiger partial charge is 0.339 e. The maximum atomic E-state index is 14.4. The van der Waals surface area contributed by atoms with Gasteiger partial charge in [0, 0.05) is 31.7 Å².